The second kappa shape index (κ2) is 6.13. The Labute approximate surface area is 128 Å². The Balaban J connectivity index is 2.29. The average molecular weight is 313 g/mol. The van der Waals surface area contributed by atoms with E-state index in [0.29, 0.717) is 5.92 Å². The molecule has 1 aliphatic carbocycles. The highest BCUT2D eigenvalue weighted by Crippen LogP contribution is 2.39. The number of hydrogen-bond donors (Lipinski definition) is 1. The van der Waals surface area contributed by atoms with Gasteiger partial charge < -0.3 is 9.73 Å². The lowest BCUT2D eigenvalue weighted by Gasteiger charge is -2.34. The summed E-state index contributed by atoms with van der Waals surface area (Å²) in [5.74, 6) is 2.25. The van der Waals surface area contributed by atoms with Crippen molar-refractivity contribution in [3.05, 3.63) is 22.6 Å². The number of sulfone groups is 1. The maximum atomic E-state index is 11.9. The molecule has 1 N–H and O–H groups in total. The Morgan fingerprint density at radius 1 is 1.19 bits per heavy atom. The predicted octanol–water partition coefficient (Wildman–Crippen LogP) is 3.07. The maximum Gasteiger partial charge on any atom is 0.150 e. The van der Waals surface area contributed by atoms with E-state index in [9.17, 15) is 8.42 Å². The molecule has 1 aliphatic rings. The van der Waals surface area contributed by atoms with Gasteiger partial charge in [-0.1, -0.05) is 6.42 Å². The predicted molar refractivity (Wildman–Crippen MR) is 85.3 cm³/mol. The monoisotopic (exact) mass is 313 g/mol. The summed E-state index contributed by atoms with van der Waals surface area (Å²) in [4.78, 5) is 0. The van der Waals surface area contributed by atoms with Crippen LogP contribution in [0.4, 0.5) is 0 Å². The molecule has 0 saturated heterocycles. The van der Waals surface area contributed by atoms with Gasteiger partial charge in [0.15, 0.2) is 0 Å². The first-order valence-electron chi connectivity index (χ1n) is 7.68. The van der Waals surface area contributed by atoms with Crippen molar-refractivity contribution in [2.24, 2.45) is 5.92 Å². The van der Waals surface area contributed by atoms with Crippen molar-refractivity contribution in [3.8, 4) is 0 Å². The van der Waals surface area contributed by atoms with Gasteiger partial charge in [0.2, 0.25) is 0 Å². The molecule has 120 valence electrons. The van der Waals surface area contributed by atoms with Gasteiger partial charge in [-0.05, 0) is 58.6 Å². The van der Waals surface area contributed by atoms with Crippen LogP contribution in [0.1, 0.15) is 54.4 Å². The molecule has 0 radical (unpaired) electrons. The maximum absolute atomic E-state index is 11.9. The van der Waals surface area contributed by atoms with E-state index >= 15 is 0 Å². The van der Waals surface area contributed by atoms with E-state index in [-0.39, 0.29) is 11.3 Å². The lowest BCUT2D eigenvalue weighted by molar-refractivity contribution is 0.280. The highest BCUT2D eigenvalue weighted by atomic mass is 32.2. The van der Waals surface area contributed by atoms with Gasteiger partial charge in [-0.3, -0.25) is 0 Å². The summed E-state index contributed by atoms with van der Waals surface area (Å²) < 4.78 is 29.5. The largest absolute Gasteiger partial charge is 0.466 e. The van der Waals surface area contributed by atoms with Crippen LogP contribution in [0.3, 0.4) is 0 Å². The molecule has 5 heteroatoms. The second-order valence-electron chi connectivity index (χ2n) is 6.40. The van der Waals surface area contributed by atoms with Crippen molar-refractivity contribution < 1.29 is 12.8 Å². The summed E-state index contributed by atoms with van der Waals surface area (Å²) in [5, 5.41) is 3.21. The fourth-order valence-corrected chi connectivity index (χ4v) is 4.95. The molecule has 1 aromatic rings. The minimum absolute atomic E-state index is 0.173. The summed E-state index contributed by atoms with van der Waals surface area (Å²) in [6, 6.07) is 0.173. The molecule has 1 aromatic heterocycles. The lowest BCUT2D eigenvalue weighted by Crippen LogP contribution is -2.34. The first kappa shape index (κ1) is 16.6. The summed E-state index contributed by atoms with van der Waals surface area (Å²) in [6.07, 6.45) is 4.96. The summed E-state index contributed by atoms with van der Waals surface area (Å²) in [6.45, 7) is 6.07. The van der Waals surface area contributed by atoms with E-state index in [4.69, 9.17) is 4.42 Å². The van der Waals surface area contributed by atoms with Crippen molar-refractivity contribution in [1.82, 2.24) is 5.32 Å². The fraction of sp³-hybridized carbons (Fsp3) is 0.750. The third kappa shape index (κ3) is 3.34. The van der Waals surface area contributed by atoms with E-state index in [1.165, 1.54) is 17.4 Å². The molecule has 0 bridgehead atoms. The third-order valence-corrected chi connectivity index (χ3v) is 6.62. The Morgan fingerprint density at radius 3 is 2.33 bits per heavy atom. The van der Waals surface area contributed by atoms with E-state index in [1.54, 1.807) is 0 Å². The van der Waals surface area contributed by atoms with Crippen molar-refractivity contribution in [1.29, 1.82) is 0 Å². The zero-order chi connectivity index (χ0) is 15.8. The molecular weight excluding hydrogens is 286 g/mol. The Morgan fingerprint density at radius 2 is 1.86 bits per heavy atom. The number of nitrogens with one attached hydrogen (secondary N) is 1. The Hall–Kier alpha value is -0.810. The Kier molecular flexibility index (Phi) is 4.83. The normalized spacial score (nSPS) is 25.0. The second-order valence-corrected chi connectivity index (χ2v) is 8.72. The number of furan rings is 1. The molecule has 3 atom stereocenters. The van der Waals surface area contributed by atoms with E-state index < -0.39 is 9.84 Å². The summed E-state index contributed by atoms with van der Waals surface area (Å²) in [7, 11) is -0.995. The molecule has 1 saturated carbocycles. The van der Waals surface area contributed by atoms with Crippen LogP contribution < -0.4 is 5.32 Å². The smallest absolute Gasteiger partial charge is 0.150 e. The molecule has 1 fully saturated rings. The number of hydrogen-bond acceptors (Lipinski definition) is 4. The minimum atomic E-state index is -2.95. The molecule has 4 nitrogen and oxygen atoms in total. The third-order valence-electron chi connectivity index (χ3n) is 4.98. The summed E-state index contributed by atoms with van der Waals surface area (Å²) >= 11 is 0. The molecule has 0 aromatic carbocycles. The van der Waals surface area contributed by atoms with Gasteiger partial charge in [0.05, 0.1) is 5.25 Å². The topological polar surface area (TPSA) is 59.3 Å². The minimum Gasteiger partial charge on any atom is -0.466 e. The molecule has 21 heavy (non-hydrogen) atoms. The molecular formula is C16H27NO3S. The van der Waals surface area contributed by atoms with Gasteiger partial charge >= 0.3 is 0 Å². The molecule has 3 unspecified atom stereocenters. The van der Waals surface area contributed by atoms with Crippen molar-refractivity contribution >= 4 is 9.84 Å². The number of rotatable bonds is 4. The van der Waals surface area contributed by atoms with Crippen molar-refractivity contribution in [3.63, 3.8) is 0 Å². The van der Waals surface area contributed by atoms with Gasteiger partial charge in [-0.15, -0.1) is 0 Å². The summed E-state index contributed by atoms with van der Waals surface area (Å²) in [5.41, 5.74) is 2.41. The first-order valence-corrected chi connectivity index (χ1v) is 9.63. The van der Waals surface area contributed by atoms with Crippen LogP contribution in [-0.4, -0.2) is 27.0 Å². The van der Waals surface area contributed by atoms with Gasteiger partial charge in [-0.2, -0.15) is 0 Å². The van der Waals surface area contributed by atoms with Gasteiger partial charge in [0, 0.05) is 17.9 Å². The molecule has 0 spiro atoms. The van der Waals surface area contributed by atoms with Crippen LogP contribution in [0, 0.1) is 26.7 Å². The van der Waals surface area contributed by atoms with E-state index in [1.807, 2.05) is 20.9 Å². The molecule has 2 rings (SSSR count). The van der Waals surface area contributed by atoms with Gasteiger partial charge in [0.1, 0.15) is 21.4 Å². The van der Waals surface area contributed by atoms with Crippen molar-refractivity contribution in [2.75, 3.05) is 13.3 Å². The lowest BCUT2D eigenvalue weighted by atomic mass is 9.80. The molecule has 0 amide bonds. The zero-order valence-corrected chi connectivity index (χ0v) is 14.5. The van der Waals surface area contributed by atoms with Crippen LogP contribution in [0.15, 0.2) is 4.42 Å². The van der Waals surface area contributed by atoms with Gasteiger partial charge in [-0.25, -0.2) is 8.42 Å². The van der Waals surface area contributed by atoms with E-state index in [2.05, 4.69) is 12.2 Å². The van der Waals surface area contributed by atoms with Crippen LogP contribution >= 0.6 is 0 Å². The Bertz CT molecular complexity index is 603. The SMILES string of the molecule is CNC(c1c(C)oc(C)c1C)C1CCCC(S(C)(=O)=O)C1. The van der Waals surface area contributed by atoms with Crippen LogP contribution in [-0.2, 0) is 9.84 Å². The van der Waals surface area contributed by atoms with Gasteiger partial charge in [0.25, 0.3) is 0 Å². The highest BCUT2D eigenvalue weighted by molar-refractivity contribution is 7.91. The first-order chi connectivity index (χ1) is 9.75. The molecule has 0 aliphatic heterocycles. The standard InChI is InChI=1S/C16H27NO3S/c1-10-11(2)20-12(3)15(10)16(17-4)13-7-6-8-14(9-13)21(5,18)19/h13-14,16-17H,6-9H2,1-5H3. The van der Waals surface area contributed by atoms with E-state index in [0.717, 1.165) is 37.2 Å². The zero-order valence-electron chi connectivity index (χ0n) is 13.7. The average Bonchev–Trinajstić information content (AvgIpc) is 2.66. The highest BCUT2D eigenvalue weighted by Gasteiger charge is 2.35. The molecule has 1 heterocycles. The van der Waals surface area contributed by atoms with Crippen molar-refractivity contribution in [2.45, 2.75) is 57.7 Å². The van der Waals surface area contributed by atoms with Crippen LogP contribution in [0.25, 0.3) is 0 Å². The van der Waals surface area contributed by atoms with Crippen LogP contribution in [0.5, 0.6) is 0 Å². The number of aryl methyl sites for hydroxylation is 2. The fourth-order valence-electron chi connectivity index (χ4n) is 3.76. The van der Waals surface area contributed by atoms with Crippen LogP contribution in [0.2, 0.25) is 0 Å². The quantitative estimate of drug-likeness (QED) is 0.928.